The molecule has 12 aromatic carbocycles. The summed E-state index contributed by atoms with van der Waals surface area (Å²) in [5, 5.41) is 0. The number of fused-ring (bicyclic) bond motifs is 23. The van der Waals surface area contributed by atoms with Gasteiger partial charge in [-0.3, -0.25) is 0 Å². The van der Waals surface area contributed by atoms with Crippen LogP contribution in [-0.2, 0) is 16.2 Å². The average Bonchev–Trinajstić information content (AvgIpc) is 1.53. The molecule has 5 aliphatic carbocycles. The van der Waals surface area contributed by atoms with Gasteiger partial charge in [-0.15, -0.1) is 0 Å². The maximum Gasteiger partial charge on any atom is 0.0727 e. The van der Waals surface area contributed by atoms with E-state index in [2.05, 4.69) is 231 Å². The van der Waals surface area contributed by atoms with Gasteiger partial charge in [0.2, 0.25) is 0 Å². The van der Waals surface area contributed by atoms with E-state index in [-0.39, 0.29) is 35.3 Å². The van der Waals surface area contributed by atoms with Crippen LogP contribution < -0.4 is 9.80 Å². The minimum Gasteiger partial charge on any atom is -0.310 e. The second-order valence-electron chi connectivity index (χ2n) is 22.3. The lowest BCUT2D eigenvalue weighted by Gasteiger charge is -2.34. The molecule has 0 saturated heterocycles. The van der Waals surface area contributed by atoms with E-state index in [0.29, 0.717) is 11.4 Å². The molecule has 2 spiro atoms. The van der Waals surface area contributed by atoms with Crippen LogP contribution in [0.2, 0.25) is 0 Å². The van der Waals surface area contributed by atoms with Crippen molar-refractivity contribution in [1.82, 2.24) is 0 Å². The molecule has 0 bridgehead atoms. The fraction of sp³-hybridized carbons (Fsp3) is 0.0649. The Bertz CT molecular complexity index is 4780. The van der Waals surface area contributed by atoms with E-state index >= 15 is 0 Å². The van der Waals surface area contributed by atoms with Crippen LogP contribution in [-0.4, -0.2) is 0 Å². The molecule has 5 aliphatic rings. The smallest absolute Gasteiger partial charge is 0.0727 e. The van der Waals surface area contributed by atoms with E-state index in [1.807, 2.05) is 41.3 Å². The lowest BCUT2D eigenvalue weighted by molar-refractivity contribution is 0.660. The molecule has 79 heavy (non-hydrogen) atoms. The van der Waals surface area contributed by atoms with Crippen molar-refractivity contribution < 1.29 is 6.85 Å². The lowest BCUT2D eigenvalue weighted by atomic mass is 9.70. The second kappa shape index (κ2) is 16.1. The Hall–Kier alpha value is -9.76. The first-order chi connectivity index (χ1) is 41.0. The van der Waals surface area contributed by atoms with Crippen LogP contribution in [0.25, 0.3) is 55.6 Å². The van der Waals surface area contributed by atoms with Gasteiger partial charge in [0, 0.05) is 39.4 Å². The van der Waals surface area contributed by atoms with E-state index in [0.717, 1.165) is 61.6 Å². The molecule has 17 rings (SSSR count). The molecular formula is C77H52N2. The monoisotopic (exact) mass is 1010 g/mol. The van der Waals surface area contributed by atoms with Crippen LogP contribution in [0.1, 0.15) is 76.3 Å². The third kappa shape index (κ3) is 5.70. The van der Waals surface area contributed by atoms with Gasteiger partial charge in [0.1, 0.15) is 0 Å². The normalized spacial score (nSPS) is 16.9. The third-order valence-electron chi connectivity index (χ3n) is 18.4. The Kier molecular flexibility index (Phi) is 8.09. The molecule has 1 unspecified atom stereocenters. The van der Waals surface area contributed by atoms with Gasteiger partial charge in [-0.1, -0.05) is 226 Å². The molecule has 370 valence electrons. The number of para-hydroxylation sites is 2. The van der Waals surface area contributed by atoms with Crippen molar-refractivity contribution in [1.29, 1.82) is 0 Å². The van der Waals surface area contributed by atoms with Gasteiger partial charge in [-0.25, -0.2) is 0 Å². The van der Waals surface area contributed by atoms with Crippen LogP contribution in [0.15, 0.2) is 279 Å². The fourth-order valence-electron chi connectivity index (χ4n) is 15.3. The summed E-state index contributed by atoms with van der Waals surface area (Å²) in [7, 11) is 0. The summed E-state index contributed by atoms with van der Waals surface area (Å²) in [4.78, 5) is 4.37. The minimum absolute atomic E-state index is 0.0887. The van der Waals surface area contributed by atoms with Crippen LogP contribution >= 0.6 is 0 Å². The molecule has 0 amide bonds. The Morgan fingerprint density at radius 3 is 1.15 bits per heavy atom. The zero-order valence-electron chi connectivity index (χ0n) is 48.6. The highest BCUT2D eigenvalue weighted by Gasteiger charge is 2.54. The van der Waals surface area contributed by atoms with E-state index < -0.39 is 16.9 Å². The molecule has 0 radical (unpaired) electrons. The zero-order valence-corrected chi connectivity index (χ0v) is 43.6. The molecule has 0 N–H and O–H groups in total. The van der Waals surface area contributed by atoms with E-state index in [4.69, 9.17) is 4.11 Å². The molecule has 0 aliphatic heterocycles. The van der Waals surface area contributed by atoms with Crippen molar-refractivity contribution >= 4 is 34.1 Å². The van der Waals surface area contributed by atoms with Crippen molar-refractivity contribution in [2.45, 2.75) is 30.1 Å². The predicted octanol–water partition coefficient (Wildman–Crippen LogP) is 19.6. The van der Waals surface area contributed by atoms with Crippen LogP contribution in [0.5, 0.6) is 0 Å². The molecule has 0 heterocycles. The number of nitrogens with zero attached hydrogens (tertiary/aromatic N) is 2. The fourth-order valence-corrected chi connectivity index (χ4v) is 15.3. The van der Waals surface area contributed by atoms with Gasteiger partial charge in [-0.2, -0.15) is 0 Å². The predicted molar refractivity (Wildman–Crippen MR) is 326 cm³/mol. The molecule has 0 aromatic heterocycles. The molecule has 2 nitrogen and oxygen atoms in total. The number of benzene rings is 12. The molecule has 0 saturated carbocycles. The first-order valence-electron chi connectivity index (χ1n) is 29.9. The summed E-state index contributed by atoms with van der Waals surface area (Å²) in [6.07, 6.45) is 0. The molecular weight excluding hydrogens is 953 g/mol. The summed E-state index contributed by atoms with van der Waals surface area (Å²) in [5.74, 6) is 0. The van der Waals surface area contributed by atoms with E-state index in [9.17, 15) is 2.74 Å². The zero-order chi connectivity index (χ0) is 56.5. The van der Waals surface area contributed by atoms with Crippen LogP contribution in [0, 0.1) is 0 Å². The first-order valence-corrected chi connectivity index (χ1v) is 27.4. The number of hydrogen-bond acceptors (Lipinski definition) is 2. The minimum atomic E-state index is -0.841. The second-order valence-corrected chi connectivity index (χ2v) is 22.3. The third-order valence-corrected chi connectivity index (χ3v) is 18.4. The van der Waals surface area contributed by atoms with Gasteiger partial charge in [-0.05, 0) is 172 Å². The molecule has 2 heteroatoms. The van der Waals surface area contributed by atoms with Crippen LogP contribution in [0.3, 0.4) is 0 Å². The van der Waals surface area contributed by atoms with Gasteiger partial charge in [0.25, 0.3) is 0 Å². The summed E-state index contributed by atoms with van der Waals surface area (Å²) in [6, 6.07) is 89.1. The van der Waals surface area contributed by atoms with Crippen molar-refractivity contribution in [3.05, 3.63) is 335 Å². The Balaban J connectivity index is 0.947. The highest BCUT2D eigenvalue weighted by atomic mass is 15.2. The molecule has 0 fully saturated rings. The lowest BCUT2D eigenvalue weighted by Crippen LogP contribution is -2.27. The Morgan fingerprint density at radius 2 is 0.633 bits per heavy atom. The maximum atomic E-state index is 9.36. The summed E-state index contributed by atoms with van der Waals surface area (Å²) in [6.45, 7) is 4.72. The van der Waals surface area contributed by atoms with Crippen molar-refractivity contribution in [3.63, 3.8) is 0 Å². The summed E-state index contributed by atoms with van der Waals surface area (Å²) >= 11 is 0. The van der Waals surface area contributed by atoms with Crippen LogP contribution in [0.4, 0.5) is 34.1 Å². The Morgan fingerprint density at radius 1 is 0.266 bits per heavy atom. The van der Waals surface area contributed by atoms with Crippen molar-refractivity contribution in [3.8, 4) is 55.6 Å². The van der Waals surface area contributed by atoms with Gasteiger partial charge >= 0.3 is 0 Å². The largest absolute Gasteiger partial charge is 0.310 e. The SMILES string of the molecule is [2H]c1c([2H])c([2H])c(N(c2ccccc2)c2ccc3c(c2)C2(c4ccccc4-c4ccc(N(c5ccc6c(c5)C(C)(C)c5ccccc5-6)c5cccc6c5-c5ccccc5C65c6ccccc6-c6ccccc65)cc42)c2ccccc2-3)c([2H])c1[2H]. The highest BCUT2D eigenvalue weighted by Crippen LogP contribution is 2.67. The Labute approximate surface area is 468 Å². The average molecular weight is 1010 g/mol. The standard InChI is InChI=1S/C77H52N2/c1-75(2)63-32-15-9-26-54(63)59-43-41-52(46-70(59)75)79(73-39-21-38-69-74(73)62-31-14-20-37-68(62)76(69)64-33-16-10-27-55(64)56-28-11-17-34-65(56)76)53-42-45-61-58-30-13-19-36-67(58)77(72(61)48-53)66-35-18-12-29-57(66)60-44-40-51(47-71(60)77)78(49-22-5-3-6-23-49)50-24-7-4-8-25-50/h3-48H,1-2H3/i3D,5D,6D,22D,23D. The number of anilines is 6. The number of hydrogen-bond donors (Lipinski definition) is 0. The molecule has 12 aromatic rings. The number of rotatable bonds is 6. The summed E-state index contributed by atoms with van der Waals surface area (Å²) in [5.41, 5.74) is 27.2. The summed E-state index contributed by atoms with van der Waals surface area (Å²) < 4.78 is 45.0. The van der Waals surface area contributed by atoms with Gasteiger partial charge in [0.05, 0.1) is 23.4 Å². The topological polar surface area (TPSA) is 6.48 Å². The van der Waals surface area contributed by atoms with Crippen molar-refractivity contribution in [2.24, 2.45) is 0 Å². The van der Waals surface area contributed by atoms with Gasteiger partial charge in [0.15, 0.2) is 0 Å². The van der Waals surface area contributed by atoms with E-state index in [1.54, 1.807) is 0 Å². The highest BCUT2D eigenvalue weighted by molar-refractivity contribution is 6.03. The maximum absolute atomic E-state index is 9.36. The van der Waals surface area contributed by atoms with Gasteiger partial charge < -0.3 is 9.80 Å². The van der Waals surface area contributed by atoms with E-state index in [1.165, 1.54) is 66.8 Å². The van der Waals surface area contributed by atoms with Crippen molar-refractivity contribution in [2.75, 3.05) is 9.80 Å². The quantitative estimate of drug-likeness (QED) is 0.164. The first kappa shape index (κ1) is 39.6. The molecule has 1 atom stereocenters.